The van der Waals surface area contributed by atoms with E-state index in [1.54, 1.807) is 0 Å². The predicted molar refractivity (Wildman–Crippen MR) is 113 cm³/mol. The molecule has 0 bridgehead atoms. The fourth-order valence-corrected chi connectivity index (χ4v) is 4.27. The van der Waals surface area contributed by atoms with Gasteiger partial charge in [0.2, 0.25) is 5.91 Å². The zero-order valence-corrected chi connectivity index (χ0v) is 18.5. The second kappa shape index (κ2) is 10.2. The molecule has 0 aliphatic carbocycles. The summed E-state index contributed by atoms with van der Waals surface area (Å²) in [4.78, 5) is 11.7. The number of aliphatic hydroxyl groups is 2. The van der Waals surface area contributed by atoms with Gasteiger partial charge in [0, 0.05) is 19.0 Å². The summed E-state index contributed by atoms with van der Waals surface area (Å²) in [5.41, 5.74) is -0.339. The summed E-state index contributed by atoms with van der Waals surface area (Å²) >= 11 is 0. The van der Waals surface area contributed by atoms with Crippen LogP contribution in [-0.4, -0.2) is 46.5 Å². The largest absolute Gasteiger partial charge is 0.390 e. The first kappa shape index (κ1) is 24.7. The van der Waals surface area contributed by atoms with Crippen molar-refractivity contribution in [1.82, 2.24) is 10.6 Å². The van der Waals surface area contributed by atoms with E-state index in [1.165, 1.54) is 19.1 Å². The molecular weight excluding hydrogens is 390 g/mol. The fourth-order valence-electron chi connectivity index (χ4n) is 4.27. The van der Waals surface area contributed by atoms with Crippen LogP contribution in [0.15, 0.2) is 18.2 Å². The minimum atomic E-state index is -1.02. The first-order chi connectivity index (χ1) is 13.9. The molecule has 1 fully saturated rings. The average molecular weight is 427 g/mol. The summed E-state index contributed by atoms with van der Waals surface area (Å²) < 4.78 is 27.1. The quantitative estimate of drug-likeness (QED) is 0.515. The summed E-state index contributed by atoms with van der Waals surface area (Å²) in [6, 6.07) is 2.00. The van der Waals surface area contributed by atoms with Gasteiger partial charge >= 0.3 is 0 Å². The maximum atomic E-state index is 13.6. The standard InChI is InChI=1S/C23H36F2N2O3/c1-15(28)27-19(12-16-10-17(24)13-18(25)11-16)21(29)20-14-23(30,8-9-26-20)7-5-6-22(2,3)4/h10-11,13,19-21,26,29-30H,5-9,12,14H2,1-4H3,(H,27,28). The van der Waals surface area contributed by atoms with Gasteiger partial charge in [-0.2, -0.15) is 0 Å². The highest BCUT2D eigenvalue weighted by atomic mass is 19.1. The van der Waals surface area contributed by atoms with E-state index in [2.05, 4.69) is 31.4 Å². The number of aliphatic hydroxyl groups excluding tert-OH is 1. The van der Waals surface area contributed by atoms with Crippen molar-refractivity contribution in [2.45, 2.75) is 90.0 Å². The number of hydrogen-bond acceptors (Lipinski definition) is 4. The van der Waals surface area contributed by atoms with Crippen LogP contribution in [0.5, 0.6) is 0 Å². The third kappa shape index (κ3) is 7.93. The molecule has 4 N–H and O–H groups in total. The van der Waals surface area contributed by atoms with Crippen molar-refractivity contribution in [3.63, 3.8) is 0 Å². The first-order valence-electron chi connectivity index (χ1n) is 10.7. The Morgan fingerprint density at radius 2 is 1.93 bits per heavy atom. The number of amides is 1. The van der Waals surface area contributed by atoms with Gasteiger partial charge in [-0.1, -0.05) is 27.2 Å². The van der Waals surface area contributed by atoms with E-state index in [4.69, 9.17) is 0 Å². The van der Waals surface area contributed by atoms with Gasteiger partial charge in [-0.05, 0) is 61.8 Å². The molecular formula is C23H36F2N2O3. The van der Waals surface area contributed by atoms with Gasteiger partial charge in [0.05, 0.1) is 17.7 Å². The normalized spacial score (nSPS) is 24.3. The summed E-state index contributed by atoms with van der Waals surface area (Å²) in [5.74, 6) is -1.75. The molecule has 0 aromatic heterocycles. The van der Waals surface area contributed by atoms with Gasteiger partial charge < -0.3 is 20.8 Å². The van der Waals surface area contributed by atoms with Gasteiger partial charge in [0.25, 0.3) is 0 Å². The van der Waals surface area contributed by atoms with Gasteiger partial charge in [-0.25, -0.2) is 8.78 Å². The lowest BCUT2D eigenvalue weighted by molar-refractivity contribution is -0.121. The van der Waals surface area contributed by atoms with E-state index in [1.807, 2.05) is 0 Å². The number of benzene rings is 1. The summed E-state index contributed by atoms with van der Waals surface area (Å²) in [6.07, 6.45) is 2.54. The van der Waals surface area contributed by atoms with Crippen LogP contribution < -0.4 is 10.6 Å². The Labute approximate surface area is 178 Å². The number of piperidine rings is 1. The lowest BCUT2D eigenvalue weighted by Crippen LogP contribution is -2.59. The zero-order chi connectivity index (χ0) is 22.5. The van der Waals surface area contributed by atoms with Crippen molar-refractivity contribution in [2.24, 2.45) is 5.41 Å². The van der Waals surface area contributed by atoms with Crippen LogP contribution in [0, 0.1) is 17.0 Å². The lowest BCUT2D eigenvalue weighted by Gasteiger charge is -2.41. The van der Waals surface area contributed by atoms with Crippen molar-refractivity contribution >= 4 is 5.91 Å². The highest BCUT2D eigenvalue weighted by Gasteiger charge is 2.39. The van der Waals surface area contributed by atoms with Crippen molar-refractivity contribution in [3.8, 4) is 0 Å². The monoisotopic (exact) mass is 426 g/mol. The van der Waals surface area contributed by atoms with Crippen LogP contribution >= 0.6 is 0 Å². The van der Waals surface area contributed by atoms with Gasteiger partial charge in [-0.15, -0.1) is 0 Å². The van der Waals surface area contributed by atoms with Crippen molar-refractivity contribution < 1.29 is 23.8 Å². The molecule has 30 heavy (non-hydrogen) atoms. The Kier molecular flexibility index (Phi) is 8.36. The molecule has 1 aliphatic rings. The molecule has 1 saturated heterocycles. The third-order valence-corrected chi connectivity index (χ3v) is 5.76. The number of rotatable bonds is 8. The van der Waals surface area contributed by atoms with Crippen LogP contribution in [0.1, 0.15) is 65.4 Å². The van der Waals surface area contributed by atoms with E-state index in [0.717, 1.165) is 18.9 Å². The zero-order valence-electron chi connectivity index (χ0n) is 18.5. The molecule has 0 radical (unpaired) electrons. The van der Waals surface area contributed by atoms with Crippen LogP contribution in [-0.2, 0) is 11.2 Å². The van der Waals surface area contributed by atoms with Gasteiger partial charge in [0.1, 0.15) is 11.6 Å². The molecule has 7 heteroatoms. The number of hydrogen-bond donors (Lipinski definition) is 4. The Morgan fingerprint density at radius 1 is 1.30 bits per heavy atom. The van der Waals surface area contributed by atoms with Crippen molar-refractivity contribution in [3.05, 3.63) is 35.4 Å². The van der Waals surface area contributed by atoms with Crippen molar-refractivity contribution in [2.75, 3.05) is 6.54 Å². The van der Waals surface area contributed by atoms with Crippen molar-refractivity contribution in [1.29, 1.82) is 0 Å². The van der Waals surface area contributed by atoms with Gasteiger partial charge in [0.15, 0.2) is 0 Å². The molecule has 0 spiro atoms. The Hall–Kier alpha value is -1.57. The summed E-state index contributed by atoms with van der Waals surface area (Å²) in [7, 11) is 0. The Morgan fingerprint density at radius 3 is 2.50 bits per heavy atom. The molecule has 1 aromatic rings. The fraction of sp³-hybridized carbons (Fsp3) is 0.696. The van der Waals surface area contributed by atoms with E-state index in [-0.39, 0.29) is 17.7 Å². The summed E-state index contributed by atoms with van der Waals surface area (Å²) in [5, 5.41) is 28.0. The molecule has 1 aliphatic heterocycles. The minimum absolute atomic E-state index is 0.0794. The highest BCUT2D eigenvalue weighted by molar-refractivity contribution is 5.73. The molecule has 0 saturated carbocycles. The highest BCUT2D eigenvalue weighted by Crippen LogP contribution is 2.32. The molecule has 1 heterocycles. The predicted octanol–water partition coefficient (Wildman–Crippen LogP) is 3.07. The van der Waals surface area contributed by atoms with Crippen LogP contribution in [0.2, 0.25) is 0 Å². The SMILES string of the molecule is CC(=O)NC(Cc1cc(F)cc(F)c1)C(O)C1CC(O)(CCCC(C)(C)C)CCN1. The number of carbonyl (C=O) groups is 1. The molecule has 4 atom stereocenters. The Balaban J connectivity index is 2.08. The number of nitrogens with one attached hydrogen (secondary N) is 2. The molecule has 170 valence electrons. The maximum Gasteiger partial charge on any atom is 0.217 e. The molecule has 1 aromatic carbocycles. The van der Waals surface area contributed by atoms with E-state index in [9.17, 15) is 23.8 Å². The second-order valence-electron chi connectivity index (χ2n) is 9.93. The van der Waals surface area contributed by atoms with E-state index in [0.29, 0.717) is 31.4 Å². The van der Waals surface area contributed by atoms with Gasteiger partial charge in [-0.3, -0.25) is 4.79 Å². The molecule has 1 amide bonds. The number of carbonyl (C=O) groups excluding carboxylic acids is 1. The average Bonchev–Trinajstić information content (AvgIpc) is 2.58. The smallest absolute Gasteiger partial charge is 0.217 e. The van der Waals surface area contributed by atoms with E-state index < -0.39 is 35.4 Å². The molecule has 5 nitrogen and oxygen atoms in total. The maximum absolute atomic E-state index is 13.6. The number of halogens is 2. The second-order valence-corrected chi connectivity index (χ2v) is 9.93. The van der Waals surface area contributed by atoms with Crippen LogP contribution in [0.25, 0.3) is 0 Å². The lowest BCUT2D eigenvalue weighted by atomic mass is 9.78. The minimum Gasteiger partial charge on any atom is -0.390 e. The Bertz CT molecular complexity index is 703. The van der Waals surface area contributed by atoms with Crippen LogP contribution in [0.3, 0.4) is 0 Å². The first-order valence-corrected chi connectivity index (χ1v) is 10.7. The van der Waals surface area contributed by atoms with Crippen LogP contribution in [0.4, 0.5) is 8.78 Å². The van der Waals surface area contributed by atoms with E-state index >= 15 is 0 Å². The third-order valence-electron chi connectivity index (χ3n) is 5.76. The molecule has 4 unspecified atom stereocenters. The topological polar surface area (TPSA) is 81.6 Å². The summed E-state index contributed by atoms with van der Waals surface area (Å²) in [6.45, 7) is 8.38. The molecule has 2 rings (SSSR count).